The predicted molar refractivity (Wildman–Crippen MR) is 80.8 cm³/mol. The number of carbonyl (C=O) groups excluding carboxylic acids is 2. The maximum atomic E-state index is 12.2. The van der Waals surface area contributed by atoms with Gasteiger partial charge in [-0.25, -0.2) is 4.79 Å². The van der Waals surface area contributed by atoms with Crippen molar-refractivity contribution in [3.8, 4) is 5.75 Å². The first-order valence-corrected chi connectivity index (χ1v) is 6.85. The number of aromatic carboxylic acids is 1. The number of benzene rings is 1. The van der Waals surface area contributed by atoms with Gasteiger partial charge >= 0.3 is 5.97 Å². The van der Waals surface area contributed by atoms with Crippen LogP contribution in [0.15, 0.2) is 18.2 Å². The number of carboxylic acid groups (broad SMARTS) is 1. The lowest BCUT2D eigenvalue weighted by molar-refractivity contribution is -0.125. The summed E-state index contributed by atoms with van der Waals surface area (Å²) in [6.45, 7) is 5.17. The molecule has 2 amide bonds. The normalized spacial score (nSPS) is 11.8. The summed E-state index contributed by atoms with van der Waals surface area (Å²) in [5, 5.41) is 23.5. The Balaban J connectivity index is 2.91. The van der Waals surface area contributed by atoms with E-state index in [1.807, 2.05) is 13.8 Å². The number of nitrogens with one attached hydrogen (secondary N) is 2. The Morgan fingerprint density at radius 3 is 2.36 bits per heavy atom. The van der Waals surface area contributed by atoms with Gasteiger partial charge in [0, 0.05) is 12.6 Å². The Morgan fingerprint density at radius 2 is 1.86 bits per heavy atom. The second-order valence-electron chi connectivity index (χ2n) is 5.41. The Morgan fingerprint density at radius 1 is 1.23 bits per heavy atom. The van der Waals surface area contributed by atoms with E-state index in [0.29, 0.717) is 6.42 Å². The Labute approximate surface area is 128 Å². The number of carbonyl (C=O) groups is 3. The van der Waals surface area contributed by atoms with Crippen LogP contribution in [0.3, 0.4) is 0 Å². The summed E-state index contributed by atoms with van der Waals surface area (Å²) in [6, 6.07) is 3.03. The van der Waals surface area contributed by atoms with E-state index in [1.54, 1.807) is 0 Å². The van der Waals surface area contributed by atoms with E-state index in [-0.39, 0.29) is 28.8 Å². The maximum Gasteiger partial charge on any atom is 0.339 e. The average Bonchev–Trinajstić information content (AvgIpc) is 2.38. The van der Waals surface area contributed by atoms with Crippen molar-refractivity contribution in [2.24, 2.45) is 5.92 Å². The smallest absolute Gasteiger partial charge is 0.339 e. The molecule has 0 aromatic heterocycles. The number of anilines is 1. The molecule has 1 atom stereocenters. The number of rotatable bonds is 6. The molecule has 0 fully saturated rings. The summed E-state index contributed by atoms with van der Waals surface area (Å²) in [4.78, 5) is 34.3. The highest BCUT2D eigenvalue weighted by molar-refractivity contribution is 5.99. The van der Waals surface area contributed by atoms with Crippen LogP contribution in [0.4, 0.5) is 5.69 Å². The number of amides is 2. The number of hydrogen-bond donors (Lipinski definition) is 4. The van der Waals surface area contributed by atoms with Gasteiger partial charge in [-0.2, -0.15) is 0 Å². The van der Waals surface area contributed by atoms with Crippen LogP contribution in [0.25, 0.3) is 0 Å². The third-order valence-corrected chi connectivity index (χ3v) is 2.90. The lowest BCUT2D eigenvalue weighted by atomic mass is 10.0. The molecule has 120 valence electrons. The van der Waals surface area contributed by atoms with Gasteiger partial charge in [0.25, 0.3) is 0 Å². The molecule has 0 spiro atoms. The second kappa shape index (κ2) is 7.44. The zero-order valence-electron chi connectivity index (χ0n) is 12.7. The van der Waals surface area contributed by atoms with Gasteiger partial charge in [-0.3, -0.25) is 9.59 Å². The van der Waals surface area contributed by atoms with Gasteiger partial charge in [0.05, 0.1) is 0 Å². The van der Waals surface area contributed by atoms with Crippen molar-refractivity contribution in [3.63, 3.8) is 0 Å². The lowest BCUT2D eigenvalue weighted by Crippen LogP contribution is -2.43. The number of phenols is 1. The van der Waals surface area contributed by atoms with Crippen LogP contribution in [-0.2, 0) is 9.59 Å². The summed E-state index contributed by atoms with van der Waals surface area (Å²) >= 11 is 0. The monoisotopic (exact) mass is 308 g/mol. The largest absolute Gasteiger partial charge is 0.507 e. The molecule has 0 aliphatic rings. The fraction of sp³-hybridized carbons (Fsp3) is 0.400. The van der Waals surface area contributed by atoms with Crippen molar-refractivity contribution >= 4 is 23.5 Å². The molecule has 0 bridgehead atoms. The van der Waals surface area contributed by atoms with E-state index in [9.17, 15) is 19.5 Å². The van der Waals surface area contributed by atoms with E-state index in [4.69, 9.17) is 5.11 Å². The minimum Gasteiger partial charge on any atom is -0.507 e. The maximum absolute atomic E-state index is 12.2. The van der Waals surface area contributed by atoms with Crippen molar-refractivity contribution in [2.45, 2.75) is 33.2 Å². The fourth-order valence-electron chi connectivity index (χ4n) is 1.96. The molecule has 0 saturated carbocycles. The van der Waals surface area contributed by atoms with E-state index in [0.717, 1.165) is 6.07 Å². The van der Waals surface area contributed by atoms with Crippen molar-refractivity contribution in [3.05, 3.63) is 23.8 Å². The molecule has 0 aliphatic carbocycles. The number of carboxylic acids is 1. The molecule has 1 unspecified atom stereocenters. The molecular weight excluding hydrogens is 288 g/mol. The highest BCUT2D eigenvalue weighted by atomic mass is 16.4. The Hall–Kier alpha value is -2.57. The van der Waals surface area contributed by atoms with Crippen molar-refractivity contribution in [2.75, 3.05) is 5.32 Å². The van der Waals surface area contributed by atoms with E-state index < -0.39 is 17.9 Å². The molecule has 0 radical (unpaired) electrons. The lowest BCUT2D eigenvalue weighted by Gasteiger charge is -2.19. The number of hydrogen-bond acceptors (Lipinski definition) is 4. The third kappa shape index (κ3) is 5.08. The van der Waals surface area contributed by atoms with Gasteiger partial charge in [-0.05, 0) is 30.5 Å². The molecule has 22 heavy (non-hydrogen) atoms. The quantitative estimate of drug-likeness (QED) is 0.595. The van der Waals surface area contributed by atoms with E-state index in [2.05, 4.69) is 10.6 Å². The van der Waals surface area contributed by atoms with Crippen molar-refractivity contribution in [1.82, 2.24) is 5.32 Å². The zero-order chi connectivity index (χ0) is 16.9. The SMILES string of the molecule is CC(=O)NC(CC(C)C)C(=O)Nc1ccc(O)c(C(=O)O)c1. The summed E-state index contributed by atoms with van der Waals surface area (Å²) in [5.41, 5.74) is -0.0722. The van der Waals surface area contributed by atoms with E-state index >= 15 is 0 Å². The summed E-state index contributed by atoms with van der Waals surface area (Å²) in [5.74, 6) is -2.25. The van der Waals surface area contributed by atoms with E-state index in [1.165, 1.54) is 19.1 Å². The zero-order valence-corrected chi connectivity index (χ0v) is 12.7. The molecule has 1 aromatic rings. The van der Waals surface area contributed by atoms with Crippen LogP contribution in [0.2, 0.25) is 0 Å². The van der Waals surface area contributed by atoms with Crippen LogP contribution in [0.1, 0.15) is 37.6 Å². The Kier molecular flexibility index (Phi) is 5.91. The van der Waals surface area contributed by atoms with Crippen LogP contribution < -0.4 is 10.6 Å². The minimum atomic E-state index is -1.30. The molecule has 1 rings (SSSR count). The molecule has 0 heterocycles. The first kappa shape index (κ1) is 17.5. The molecule has 7 nitrogen and oxygen atoms in total. The summed E-state index contributed by atoms with van der Waals surface area (Å²) in [7, 11) is 0. The van der Waals surface area contributed by atoms with Crippen LogP contribution in [0, 0.1) is 5.92 Å². The molecule has 0 aliphatic heterocycles. The van der Waals surface area contributed by atoms with Gasteiger partial charge in [0.2, 0.25) is 11.8 Å². The summed E-state index contributed by atoms with van der Waals surface area (Å²) in [6.07, 6.45) is 0.454. The van der Waals surface area contributed by atoms with Gasteiger partial charge < -0.3 is 20.8 Å². The second-order valence-corrected chi connectivity index (χ2v) is 5.41. The van der Waals surface area contributed by atoms with Gasteiger partial charge in [0.1, 0.15) is 17.4 Å². The first-order valence-electron chi connectivity index (χ1n) is 6.85. The fourth-order valence-corrected chi connectivity index (χ4v) is 1.96. The molecule has 1 aromatic carbocycles. The average molecular weight is 308 g/mol. The topological polar surface area (TPSA) is 116 Å². The first-order chi connectivity index (χ1) is 10.2. The third-order valence-electron chi connectivity index (χ3n) is 2.90. The molecule has 0 saturated heterocycles. The van der Waals surface area contributed by atoms with Gasteiger partial charge in [-0.1, -0.05) is 13.8 Å². The standard InChI is InChI=1S/C15H20N2O5/c1-8(2)6-12(16-9(3)18)14(20)17-10-4-5-13(19)11(7-10)15(21)22/h4-5,7-8,12,19H,6H2,1-3H3,(H,16,18)(H,17,20)(H,21,22). The molecular formula is C15H20N2O5. The molecule has 7 heteroatoms. The van der Waals surface area contributed by atoms with Crippen LogP contribution in [-0.4, -0.2) is 34.0 Å². The predicted octanol–water partition coefficient (Wildman–Crippen LogP) is 1.58. The van der Waals surface area contributed by atoms with Crippen LogP contribution >= 0.6 is 0 Å². The van der Waals surface area contributed by atoms with Gasteiger partial charge in [-0.15, -0.1) is 0 Å². The highest BCUT2D eigenvalue weighted by Crippen LogP contribution is 2.21. The number of aromatic hydroxyl groups is 1. The summed E-state index contributed by atoms with van der Waals surface area (Å²) < 4.78 is 0. The highest BCUT2D eigenvalue weighted by Gasteiger charge is 2.21. The van der Waals surface area contributed by atoms with Crippen LogP contribution in [0.5, 0.6) is 5.75 Å². The molecule has 4 N–H and O–H groups in total. The van der Waals surface area contributed by atoms with Crippen molar-refractivity contribution < 1.29 is 24.6 Å². The van der Waals surface area contributed by atoms with Crippen molar-refractivity contribution in [1.29, 1.82) is 0 Å². The Bertz CT molecular complexity index is 583. The van der Waals surface area contributed by atoms with Gasteiger partial charge in [0.15, 0.2) is 0 Å². The minimum absolute atomic E-state index is 0.192.